The third-order valence-corrected chi connectivity index (χ3v) is 8.41. The maximum atomic E-state index is 13.2. The van der Waals surface area contributed by atoms with Crippen molar-refractivity contribution in [2.75, 3.05) is 43.9 Å². The molecule has 0 atom stereocenters. The van der Waals surface area contributed by atoms with Gasteiger partial charge in [-0.2, -0.15) is 0 Å². The van der Waals surface area contributed by atoms with Gasteiger partial charge in [0.05, 0.1) is 32.9 Å². The van der Waals surface area contributed by atoms with Gasteiger partial charge in [-0.25, -0.2) is 13.4 Å². The molecule has 0 aliphatic rings. The number of nitro groups is 1. The maximum Gasteiger partial charge on any atom is 0.270 e. The first-order valence-corrected chi connectivity index (χ1v) is 13.6. The van der Waals surface area contributed by atoms with Crippen molar-refractivity contribution in [3.05, 3.63) is 52.6 Å². The molecule has 0 fully saturated rings. The lowest BCUT2D eigenvalue weighted by molar-refractivity contribution is -0.384. The van der Waals surface area contributed by atoms with Crippen LogP contribution in [0.1, 0.15) is 20.3 Å². The van der Waals surface area contributed by atoms with Crippen LogP contribution in [0.3, 0.4) is 0 Å². The molecule has 0 radical (unpaired) electrons. The standard InChI is InChI=1S/C23H28N4O6S2/c1-4-25(5-2)13-14-26(23-24-20-11-6-17(27(29)30)16-21(20)34-23)22(28)12-15-35(31,32)19-9-7-18(33-3)8-10-19/h6-11,16H,4-5,12-15H2,1-3H3. The molecule has 188 valence electrons. The summed E-state index contributed by atoms with van der Waals surface area (Å²) in [6.45, 7) is 6.56. The van der Waals surface area contributed by atoms with E-state index in [0.29, 0.717) is 34.2 Å². The Balaban J connectivity index is 1.83. The van der Waals surface area contributed by atoms with E-state index >= 15 is 0 Å². The first-order chi connectivity index (χ1) is 16.7. The molecule has 0 aliphatic heterocycles. The second-order valence-corrected chi connectivity index (χ2v) is 10.8. The number of nitrogens with zero attached hydrogens (tertiary/aromatic N) is 4. The Morgan fingerprint density at radius 3 is 2.40 bits per heavy atom. The molecule has 35 heavy (non-hydrogen) atoms. The molecular formula is C23H28N4O6S2. The molecule has 1 heterocycles. The topological polar surface area (TPSA) is 123 Å². The third-order valence-electron chi connectivity index (χ3n) is 5.64. The number of carbonyl (C=O) groups excluding carboxylic acids is 1. The smallest absolute Gasteiger partial charge is 0.270 e. The van der Waals surface area contributed by atoms with E-state index in [4.69, 9.17) is 4.74 Å². The van der Waals surface area contributed by atoms with Crippen LogP contribution in [0.2, 0.25) is 0 Å². The zero-order chi connectivity index (χ0) is 25.6. The summed E-state index contributed by atoms with van der Waals surface area (Å²) in [4.78, 5) is 32.1. The number of aromatic nitrogens is 1. The summed E-state index contributed by atoms with van der Waals surface area (Å²) < 4.78 is 31.3. The molecule has 2 aromatic carbocycles. The van der Waals surface area contributed by atoms with E-state index in [1.165, 1.54) is 47.6 Å². The van der Waals surface area contributed by atoms with Crippen LogP contribution >= 0.6 is 11.3 Å². The van der Waals surface area contributed by atoms with Crippen LogP contribution in [0.15, 0.2) is 47.4 Å². The Morgan fingerprint density at radius 2 is 1.80 bits per heavy atom. The van der Waals surface area contributed by atoms with E-state index in [1.807, 2.05) is 13.8 Å². The van der Waals surface area contributed by atoms with Crippen LogP contribution in [0, 0.1) is 10.1 Å². The molecule has 1 amide bonds. The van der Waals surface area contributed by atoms with Crippen molar-refractivity contribution in [2.24, 2.45) is 0 Å². The molecule has 0 saturated carbocycles. The number of fused-ring (bicyclic) bond motifs is 1. The maximum absolute atomic E-state index is 13.2. The van der Waals surface area contributed by atoms with Gasteiger partial charge in [0.1, 0.15) is 5.75 Å². The van der Waals surface area contributed by atoms with Crippen molar-refractivity contribution in [3.63, 3.8) is 0 Å². The van der Waals surface area contributed by atoms with Gasteiger partial charge in [-0.1, -0.05) is 25.2 Å². The third kappa shape index (κ3) is 6.53. The van der Waals surface area contributed by atoms with E-state index in [1.54, 1.807) is 18.2 Å². The van der Waals surface area contributed by atoms with E-state index in [0.717, 1.165) is 13.1 Å². The van der Waals surface area contributed by atoms with Gasteiger partial charge in [-0.15, -0.1) is 0 Å². The largest absolute Gasteiger partial charge is 0.497 e. The number of amides is 1. The molecular weight excluding hydrogens is 492 g/mol. The molecule has 0 saturated heterocycles. The van der Waals surface area contributed by atoms with E-state index in [-0.39, 0.29) is 28.7 Å². The average molecular weight is 521 g/mol. The lowest BCUT2D eigenvalue weighted by Gasteiger charge is -2.24. The number of nitro benzene ring substituents is 1. The summed E-state index contributed by atoms with van der Waals surface area (Å²) in [6, 6.07) is 10.4. The van der Waals surface area contributed by atoms with Crippen LogP contribution in [-0.4, -0.2) is 68.2 Å². The minimum Gasteiger partial charge on any atom is -0.497 e. The number of methoxy groups -OCH3 is 1. The minimum absolute atomic E-state index is 0.0562. The number of anilines is 1. The lowest BCUT2D eigenvalue weighted by Crippen LogP contribution is -2.39. The van der Waals surface area contributed by atoms with Gasteiger partial charge in [0, 0.05) is 31.6 Å². The molecule has 0 spiro atoms. The number of thiazole rings is 1. The van der Waals surface area contributed by atoms with Crippen LogP contribution in [0.5, 0.6) is 5.75 Å². The second kappa shape index (κ2) is 11.6. The minimum atomic E-state index is -3.68. The van der Waals surface area contributed by atoms with Gasteiger partial charge in [-0.3, -0.25) is 19.8 Å². The zero-order valence-electron chi connectivity index (χ0n) is 19.8. The summed E-state index contributed by atoms with van der Waals surface area (Å²) in [6.07, 6.45) is -0.220. The van der Waals surface area contributed by atoms with Gasteiger partial charge in [0.2, 0.25) is 5.91 Å². The van der Waals surface area contributed by atoms with E-state index in [2.05, 4.69) is 9.88 Å². The zero-order valence-corrected chi connectivity index (χ0v) is 21.5. The second-order valence-electron chi connectivity index (χ2n) is 7.72. The van der Waals surface area contributed by atoms with Crippen molar-refractivity contribution >= 4 is 48.1 Å². The molecule has 3 rings (SSSR count). The van der Waals surface area contributed by atoms with Crippen LogP contribution in [0.4, 0.5) is 10.8 Å². The predicted molar refractivity (Wildman–Crippen MR) is 136 cm³/mol. The van der Waals surface area contributed by atoms with Gasteiger partial charge >= 0.3 is 0 Å². The fraction of sp³-hybridized carbons (Fsp3) is 0.391. The fourth-order valence-corrected chi connectivity index (χ4v) is 5.77. The number of hydrogen-bond acceptors (Lipinski definition) is 9. The number of ether oxygens (including phenoxy) is 1. The molecule has 0 N–H and O–H groups in total. The van der Waals surface area contributed by atoms with Crippen molar-refractivity contribution in [1.29, 1.82) is 0 Å². The van der Waals surface area contributed by atoms with Crippen molar-refractivity contribution in [3.8, 4) is 5.75 Å². The van der Waals surface area contributed by atoms with Crippen molar-refractivity contribution in [1.82, 2.24) is 9.88 Å². The summed E-state index contributed by atoms with van der Waals surface area (Å²) in [7, 11) is -2.19. The summed E-state index contributed by atoms with van der Waals surface area (Å²) in [5.74, 6) is -0.183. The quantitative estimate of drug-likeness (QED) is 0.261. The Morgan fingerprint density at radius 1 is 1.11 bits per heavy atom. The van der Waals surface area contributed by atoms with Crippen LogP contribution < -0.4 is 9.64 Å². The fourth-order valence-electron chi connectivity index (χ4n) is 3.50. The van der Waals surface area contributed by atoms with Crippen LogP contribution in [0.25, 0.3) is 10.2 Å². The summed E-state index contributed by atoms with van der Waals surface area (Å²) in [5.41, 5.74) is 0.487. The highest BCUT2D eigenvalue weighted by molar-refractivity contribution is 7.91. The molecule has 0 unspecified atom stereocenters. The highest BCUT2D eigenvalue weighted by atomic mass is 32.2. The molecule has 12 heteroatoms. The SMILES string of the molecule is CCN(CC)CCN(C(=O)CCS(=O)(=O)c1ccc(OC)cc1)c1nc2ccc([N+](=O)[O-])cc2s1. The molecule has 10 nitrogen and oxygen atoms in total. The predicted octanol–water partition coefficient (Wildman–Crippen LogP) is 3.75. The van der Waals surface area contributed by atoms with Crippen molar-refractivity contribution in [2.45, 2.75) is 25.2 Å². The van der Waals surface area contributed by atoms with Crippen molar-refractivity contribution < 1.29 is 22.9 Å². The number of sulfone groups is 1. The highest BCUT2D eigenvalue weighted by Gasteiger charge is 2.24. The molecule has 1 aromatic heterocycles. The van der Waals surface area contributed by atoms with Gasteiger partial charge in [-0.05, 0) is 43.4 Å². The normalized spacial score (nSPS) is 11.7. The monoisotopic (exact) mass is 520 g/mol. The number of benzene rings is 2. The van der Waals surface area contributed by atoms with Gasteiger partial charge in [0.15, 0.2) is 15.0 Å². The molecule has 3 aromatic rings. The Kier molecular flexibility index (Phi) is 8.76. The number of carbonyl (C=O) groups is 1. The van der Waals surface area contributed by atoms with E-state index in [9.17, 15) is 23.3 Å². The average Bonchev–Trinajstić information content (AvgIpc) is 3.28. The number of likely N-dealkylation sites (N-methyl/N-ethyl adjacent to an activating group) is 1. The lowest BCUT2D eigenvalue weighted by atomic mass is 10.3. The number of rotatable bonds is 12. The first-order valence-electron chi connectivity index (χ1n) is 11.1. The molecule has 0 bridgehead atoms. The van der Waals surface area contributed by atoms with Gasteiger partial charge in [0.25, 0.3) is 5.69 Å². The highest BCUT2D eigenvalue weighted by Crippen LogP contribution is 2.32. The van der Waals surface area contributed by atoms with E-state index < -0.39 is 14.8 Å². The van der Waals surface area contributed by atoms with Gasteiger partial charge < -0.3 is 9.64 Å². The molecule has 0 aliphatic carbocycles. The Bertz CT molecular complexity index is 1290. The first kappa shape index (κ1) is 26.5. The summed E-state index contributed by atoms with van der Waals surface area (Å²) in [5, 5.41) is 11.5. The Labute approximate surface area is 208 Å². The number of non-ortho nitro benzene ring substituents is 1. The van der Waals surface area contributed by atoms with Crippen LogP contribution in [-0.2, 0) is 14.6 Å². The Hall–Kier alpha value is -3.09. The summed E-state index contributed by atoms with van der Waals surface area (Å²) >= 11 is 1.17. The number of hydrogen-bond donors (Lipinski definition) is 0.